The van der Waals surface area contributed by atoms with E-state index in [0.29, 0.717) is 0 Å². The predicted octanol–water partition coefficient (Wildman–Crippen LogP) is 2.36. The Hall–Kier alpha value is -0.300. The first kappa shape index (κ1) is 9.70. The zero-order valence-corrected chi connectivity index (χ0v) is 7.44. The first-order valence-corrected chi connectivity index (χ1v) is 3.64. The van der Waals surface area contributed by atoms with Gasteiger partial charge >= 0.3 is 0 Å². The molecule has 60 valence electrons. The highest BCUT2D eigenvalue weighted by molar-refractivity contribution is 4.90. The molecular formula is C9H18O. The fraction of sp³-hybridized carbons (Fsp3) is 0.778. The molecule has 0 saturated heterocycles. The van der Waals surface area contributed by atoms with Crippen LogP contribution in [0.3, 0.4) is 0 Å². The van der Waals surface area contributed by atoms with Crippen LogP contribution in [0.15, 0.2) is 12.7 Å². The molecule has 0 aliphatic carbocycles. The monoisotopic (exact) mass is 142 g/mol. The minimum atomic E-state index is -0.624. The van der Waals surface area contributed by atoms with Gasteiger partial charge in [-0.1, -0.05) is 19.9 Å². The molecule has 0 spiro atoms. The van der Waals surface area contributed by atoms with E-state index in [1.54, 1.807) is 0 Å². The number of hydrogen-bond acceptors (Lipinski definition) is 1. The summed E-state index contributed by atoms with van der Waals surface area (Å²) in [5, 5.41) is 9.63. The molecule has 0 aromatic rings. The van der Waals surface area contributed by atoms with Gasteiger partial charge in [0.15, 0.2) is 0 Å². The van der Waals surface area contributed by atoms with Crippen molar-refractivity contribution in [2.45, 2.75) is 39.7 Å². The van der Waals surface area contributed by atoms with Gasteiger partial charge in [0.05, 0.1) is 5.60 Å². The summed E-state index contributed by atoms with van der Waals surface area (Å²) in [6, 6.07) is 0. The van der Waals surface area contributed by atoms with Gasteiger partial charge in [-0.15, -0.1) is 6.58 Å². The van der Waals surface area contributed by atoms with Crippen molar-refractivity contribution in [3.63, 3.8) is 0 Å². The normalized spacial score (nSPS) is 13.3. The van der Waals surface area contributed by atoms with Crippen LogP contribution in [-0.2, 0) is 0 Å². The van der Waals surface area contributed by atoms with Crippen LogP contribution in [0.5, 0.6) is 0 Å². The highest BCUT2D eigenvalue weighted by atomic mass is 16.3. The predicted molar refractivity (Wildman–Crippen MR) is 44.9 cm³/mol. The molecule has 0 bridgehead atoms. The van der Waals surface area contributed by atoms with Gasteiger partial charge in [-0.05, 0) is 25.7 Å². The lowest BCUT2D eigenvalue weighted by Gasteiger charge is -2.36. The van der Waals surface area contributed by atoms with Crippen molar-refractivity contribution in [2.24, 2.45) is 5.41 Å². The van der Waals surface area contributed by atoms with Crippen molar-refractivity contribution in [1.29, 1.82) is 0 Å². The Bertz CT molecular complexity index is 117. The fourth-order valence-corrected chi connectivity index (χ4v) is 0.611. The Labute approximate surface area is 63.8 Å². The van der Waals surface area contributed by atoms with Gasteiger partial charge in [0.1, 0.15) is 0 Å². The smallest absolute Gasteiger partial charge is 0.0645 e. The average Bonchev–Trinajstić information content (AvgIpc) is 1.61. The van der Waals surface area contributed by atoms with E-state index in [4.69, 9.17) is 0 Å². The molecule has 0 heterocycles. The summed E-state index contributed by atoms with van der Waals surface area (Å²) in [7, 11) is 0. The lowest BCUT2D eigenvalue weighted by Crippen LogP contribution is -2.38. The van der Waals surface area contributed by atoms with Crippen LogP contribution in [-0.4, -0.2) is 10.7 Å². The summed E-state index contributed by atoms with van der Waals surface area (Å²) >= 11 is 0. The molecule has 0 radical (unpaired) electrons. The lowest BCUT2D eigenvalue weighted by molar-refractivity contribution is -0.0329. The molecule has 0 unspecified atom stereocenters. The molecule has 0 aromatic heterocycles. The first-order chi connectivity index (χ1) is 4.31. The SMILES string of the molecule is C=CCC(C)(C)C(C)(C)O. The molecule has 1 heteroatoms. The highest BCUT2D eigenvalue weighted by Gasteiger charge is 2.33. The van der Waals surface area contributed by atoms with E-state index < -0.39 is 5.60 Å². The third kappa shape index (κ3) is 2.14. The van der Waals surface area contributed by atoms with Crippen LogP contribution in [0.4, 0.5) is 0 Å². The van der Waals surface area contributed by atoms with Gasteiger partial charge in [0.2, 0.25) is 0 Å². The van der Waals surface area contributed by atoms with E-state index in [1.807, 2.05) is 33.8 Å². The number of allylic oxidation sites excluding steroid dienone is 1. The van der Waals surface area contributed by atoms with E-state index in [1.165, 1.54) is 0 Å². The Morgan fingerprint density at radius 3 is 1.80 bits per heavy atom. The number of aliphatic hydroxyl groups is 1. The van der Waals surface area contributed by atoms with Gasteiger partial charge in [0, 0.05) is 0 Å². The zero-order chi connectivity index (χ0) is 8.41. The largest absolute Gasteiger partial charge is 0.390 e. The molecule has 0 rings (SSSR count). The second-order valence-electron chi connectivity index (χ2n) is 3.94. The summed E-state index contributed by atoms with van der Waals surface area (Å²) < 4.78 is 0. The van der Waals surface area contributed by atoms with Crippen molar-refractivity contribution < 1.29 is 5.11 Å². The Kier molecular flexibility index (Phi) is 2.67. The van der Waals surface area contributed by atoms with Crippen molar-refractivity contribution in [3.05, 3.63) is 12.7 Å². The molecule has 0 aliphatic heterocycles. The first-order valence-electron chi connectivity index (χ1n) is 3.64. The molecule has 0 aliphatic rings. The molecule has 0 aromatic carbocycles. The van der Waals surface area contributed by atoms with Crippen molar-refractivity contribution >= 4 is 0 Å². The molecule has 0 saturated carbocycles. The van der Waals surface area contributed by atoms with Gasteiger partial charge in [-0.2, -0.15) is 0 Å². The van der Waals surface area contributed by atoms with Crippen LogP contribution in [0.25, 0.3) is 0 Å². The van der Waals surface area contributed by atoms with Gasteiger partial charge < -0.3 is 5.11 Å². The number of hydrogen-bond donors (Lipinski definition) is 1. The quantitative estimate of drug-likeness (QED) is 0.600. The van der Waals surface area contributed by atoms with E-state index >= 15 is 0 Å². The minimum Gasteiger partial charge on any atom is -0.390 e. The summed E-state index contributed by atoms with van der Waals surface area (Å²) in [5.41, 5.74) is -0.698. The number of rotatable bonds is 3. The average molecular weight is 142 g/mol. The van der Waals surface area contributed by atoms with Crippen molar-refractivity contribution in [1.82, 2.24) is 0 Å². The van der Waals surface area contributed by atoms with E-state index in [-0.39, 0.29) is 5.41 Å². The van der Waals surface area contributed by atoms with Crippen LogP contribution in [0, 0.1) is 5.41 Å². The molecule has 0 fully saturated rings. The zero-order valence-electron chi connectivity index (χ0n) is 7.44. The topological polar surface area (TPSA) is 20.2 Å². The van der Waals surface area contributed by atoms with Gasteiger partial charge in [-0.25, -0.2) is 0 Å². The standard InChI is InChI=1S/C9H18O/c1-6-7-8(2,3)9(4,5)10/h6,10H,1,7H2,2-5H3. The van der Waals surface area contributed by atoms with Crippen LogP contribution in [0.1, 0.15) is 34.1 Å². The van der Waals surface area contributed by atoms with Crippen LogP contribution in [0.2, 0.25) is 0 Å². The Morgan fingerprint density at radius 1 is 1.30 bits per heavy atom. The highest BCUT2D eigenvalue weighted by Crippen LogP contribution is 2.33. The van der Waals surface area contributed by atoms with E-state index in [2.05, 4.69) is 6.58 Å². The molecule has 0 atom stereocenters. The van der Waals surface area contributed by atoms with E-state index in [9.17, 15) is 5.11 Å². The minimum absolute atomic E-state index is 0.0747. The summed E-state index contributed by atoms with van der Waals surface area (Å²) in [6.45, 7) is 11.4. The van der Waals surface area contributed by atoms with Crippen LogP contribution >= 0.6 is 0 Å². The fourth-order valence-electron chi connectivity index (χ4n) is 0.611. The third-order valence-corrected chi connectivity index (χ3v) is 2.31. The molecule has 10 heavy (non-hydrogen) atoms. The van der Waals surface area contributed by atoms with Crippen molar-refractivity contribution in [3.8, 4) is 0 Å². The maximum absolute atomic E-state index is 9.63. The maximum atomic E-state index is 9.63. The third-order valence-electron chi connectivity index (χ3n) is 2.31. The molecule has 0 amide bonds. The summed E-state index contributed by atoms with van der Waals surface area (Å²) in [4.78, 5) is 0. The summed E-state index contributed by atoms with van der Waals surface area (Å²) in [6.07, 6.45) is 2.69. The second kappa shape index (κ2) is 2.75. The van der Waals surface area contributed by atoms with Crippen molar-refractivity contribution in [2.75, 3.05) is 0 Å². The van der Waals surface area contributed by atoms with Gasteiger partial charge in [-0.3, -0.25) is 0 Å². The van der Waals surface area contributed by atoms with E-state index in [0.717, 1.165) is 6.42 Å². The Balaban J connectivity index is 4.23. The van der Waals surface area contributed by atoms with Crippen LogP contribution < -0.4 is 0 Å². The molecule has 1 N–H and O–H groups in total. The summed E-state index contributed by atoms with van der Waals surface area (Å²) in [5.74, 6) is 0. The van der Waals surface area contributed by atoms with Gasteiger partial charge in [0.25, 0.3) is 0 Å². The maximum Gasteiger partial charge on any atom is 0.0645 e. The lowest BCUT2D eigenvalue weighted by atomic mass is 9.75. The second-order valence-corrected chi connectivity index (χ2v) is 3.94. The Morgan fingerprint density at radius 2 is 1.70 bits per heavy atom. The molecular weight excluding hydrogens is 124 g/mol. The molecule has 1 nitrogen and oxygen atoms in total.